The standard InChI is InChI=1S/C61H40N2S/c1-3-18-43(19-4-1)61(44-20-5-2-6-21-44)53-27-11-7-26-51(53)60-54(61)28-16-31-57(60)62(45-34-36-46(37-35-45)63-55-29-12-8-23-48(55)49-24-9-13-30-56(49)63)47-22-15-17-41(39-47)42-33-38-59-52(40-42)50-25-10-14-32-58(50)64-59/h1-40H. The molecule has 300 valence electrons. The molecule has 0 N–H and O–H groups in total. The normalized spacial score (nSPS) is 12.8. The molecule has 0 aliphatic heterocycles. The molecule has 0 unspecified atom stereocenters. The smallest absolute Gasteiger partial charge is 0.0714 e. The maximum atomic E-state index is 2.49. The molecule has 2 nitrogen and oxygen atoms in total. The summed E-state index contributed by atoms with van der Waals surface area (Å²) in [6.45, 7) is 0. The fourth-order valence-electron chi connectivity index (χ4n) is 10.8. The number of hydrogen-bond donors (Lipinski definition) is 0. The van der Waals surface area contributed by atoms with Crippen molar-refractivity contribution >= 4 is 70.4 Å². The van der Waals surface area contributed by atoms with Gasteiger partial charge in [0.15, 0.2) is 0 Å². The number of aromatic nitrogens is 1. The van der Waals surface area contributed by atoms with Gasteiger partial charge in [-0.15, -0.1) is 11.3 Å². The summed E-state index contributed by atoms with van der Waals surface area (Å²) < 4.78 is 5.03. The quantitative estimate of drug-likeness (QED) is 0.155. The number of anilines is 3. The maximum Gasteiger partial charge on any atom is 0.0714 e. The minimum absolute atomic E-state index is 0.517. The Morgan fingerprint density at radius 1 is 0.375 bits per heavy atom. The Bertz CT molecular complexity index is 3640. The molecular weight excluding hydrogens is 793 g/mol. The summed E-state index contributed by atoms with van der Waals surface area (Å²) in [7, 11) is 0. The molecular formula is C61H40N2S. The zero-order valence-corrected chi connectivity index (χ0v) is 35.7. The second kappa shape index (κ2) is 14.6. The molecule has 0 amide bonds. The Hall–Kier alpha value is -7.98. The highest BCUT2D eigenvalue weighted by Gasteiger charge is 2.47. The van der Waals surface area contributed by atoms with E-state index in [0.29, 0.717) is 0 Å². The Kier molecular flexibility index (Phi) is 8.34. The van der Waals surface area contributed by atoms with Crippen molar-refractivity contribution in [1.29, 1.82) is 0 Å². The van der Waals surface area contributed by atoms with Gasteiger partial charge in [0, 0.05) is 53.6 Å². The third-order valence-electron chi connectivity index (χ3n) is 13.5. The van der Waals surface area contributed by atoms with Crippen LogP contribution < -0.4 is 4.90 Å². The van der Waals surface area contributed by atoms with Crippen LogP contribution in [0.25, 0.3) is 69.9 Å². The largest absolute Gasteiger partial charge is 0.310 e. The third-order valence-corrected chi connectivity index (χ3v) is 14.6. The summed E-state index contributed by atoms with van der Waals surface area (Å²) in [4.78, 5) is 2.49. The first-order chi connectivity index (χ1) is 31.8. The van der Waals surface area contributed by atoms with Gasteiger partial charge in [-0.1, -0.05) is 170 Å². The van der Waals surface area contributed by atoms with E-state index in [-0.39, 0.29) is 0 Å². The first-order valence-corrected chi connectivity index (χ1v) is 22.8. The van der Waals surface area contributed by atoms with Gasteiger partial charge < -0.3 is 9.47 Å². The van der Waals surface area contributed by atoms with Gasteiger partial charge in [-0.05, 0) is 112 Å². The van der Waals surface area contributed by atoms with E-state index < -0.39 is 5.41 Å². The van der Waals surface area contributed by atoms with E-state index in [2.05, 4.69) is 252 Å². The fourth-order valence-corrected chi connectivity index (χ4v) is 11.9. The predicted octanol–water partition coefficient (Wildman–Crippen LogP) is 16.7. The minimum atomic E-state index is -0.517. The molecule has 2 aromatic heterocycles. The van der Waals surface area contributed by atoms with Crippen molar-refractivity contribution in [3.63, 3.8) is 0 Å². The van der Waals surface area contributed by atoms with Crippen molar-refractivity contribution in [2.75, 3.05) is 4.90 Å². The fraction of sp³-hybridized carbons (Fsp3) is 0.0164. The van der Waals surface area contributed by atoms with Gasteiger partial charge in [-0.2, -0.15) is 0 Å². The van der Waals surface area contributed by atoms with Gasteiger partial charge in [-0.25, -0.2) is 0 Å². The summed E-state index contributed by atoms with van der Waals surface area (Å²) in [6, 6.07) is 89.6. The average molecular weight is 833 g/mol. The van der Waals surface area contributed by atoms with Crippen molar-refractivity contribution in [3.05, 3.63) is 265 Å². The van der Waals surface area contributed by atoms with Crippen LogP contribution in [-0.2, 0) is 5.41 Å². The van der Waals surface area contributed by atoms with E-state index in [1.54, 1.807) is 0 Å². The lowest BCUT2D eigenvalue weighted by atomic mass is 9.68. The summed E-state index contributed by atoms with van der Waals surface area (Å²) in [5.74, 6) is 0. The van der Waals surface area contributed by atoms with Crippen molar-refractivity contribution < 1.29 is 0 Å². The van der Waals surface area contributed by atoms with Crippen molar-refractivity contribution in [3.8, 4) is 27.9 Å². The molecule has 64 heavy (non-hydrogen) atoms. The number of nitrogens with zero attached hydrogens (tertiary/aromatic N) is 2. The van der Waals surface area contributed by atoms with Crippen molar-refractivity contribution in [2.24, 2.45) is 0 Å². The Labute approximate surface area is 376 Å². The molecule has 0 bridgehead atoms. The molecule has 13 rings (SSSR count). The number of para-hydroxylation sites is 2. The summed E-state index contributed by atoms with van der Waals surface area (Å²) in [5.41, 5.74) is 16.3. The molecule has 0 spiro atoms. The van der Waals surface area contributed by atoms with E-state index in [0.717, 1.165) is 22.7 Å². The van der Waals surface area contributed by atoms with Crippen LogP contribution in [-0.4, -0.2) is 4.57 Å². The van der Waals surface area contributed by atoms with Crippen LogP contribution in [0.3, 0.4) is 0 Å². The maximum absolute atomic E-state index is 2.49. The van der Waals surface area contributed by atoms with E-state index in [9.17, 15) is 0 Å². The number of fused-ring (bicyclic) bond motifs is 9. The number of benzene rings is 10. The molecule has 0 atom stereocenters. The van der Waals surface area contributed by atoms with Gasteiger partial charge in [0.05, 0.1) is 22.1 Å². The molecule has 0 saturated carbocycles. The lowest BCUT2D eigenvalue weighted by Crippen LogP contribution is -2.28. The third kappa shape index (κ3) is 5.44. The number of hydrogen-bond acceptors (Lipinski definition) is 2. The average Bonchev–Trinajstić information content (AvgIpc) is 4.02. The van der Waals surface area contributed by atoms with E-state index in [1.165, 1.54) is 86.5 Å². The minimum Gasteiger partial charge on any atom is -0.310 e. The van der Waals surface area contributed by atoms with Gasteiger partial charge >= 0.3 is 0 Å². The Morgan fingerprint density at radius 3 is 1.69 bits per heavy atom. The molecule has 0 fully saturated rings. The van der Waals surface area contributed by atoms with Gasteiger partial charge in [-0.3, -0.25) is 0 Å². The van der Waals surface area contributed by atoms with Crippen molar-refractivity contribution in [1.82, 2.24) is 4.57 Å². The first-order valence-electron chi connectivity index (χ1n) is 22.0. The zero-order chi connectivity index (χ0) is 42.2. The Balaban J connectivity index is 1.05. The zero-order valence-electron chi connectivity index (χ0n) is 34.9. The second-order valence-electron chi connectivity index (χ2n) is 16.8. The van der Waals surface area contributed by atoms with Crippen LogP contribution in [0.2, 0.25) is 0 Å². The molecule has 12 aromatic rings. The number of thiophene rings is 1. The lowest BCUT2D eigenvalue weighted by molar-refractivity contribution is 0.768. The SMILES string of the molecule is c1ccc(C2(c3ccccc3)c3ccccc3-c3c(N(c4ccc(-n5c6ccccc6c6ccccc65)cc4)c4cccc(-c5ccc6sc7ccccc7c6c5)c4)cccc32)cc1. The van der Waals surface area contributed by atoms with Gasteiger partial charge in [0.2, 0.25) is 0 Å². The van der Waals surface area contributed by atoms with E-state index in [4.69, 9.17) is 0 Å². The highest BCUT2D eigenvalue weighted by atomic mass is 32.1. The monoisotopic (exact) mass is 832 g/mol. The molecule has 0 radical (unpaired) electrons. The molecule has 0 saturated heterocycles. The predicted molar refractivity (Wildman–Crippen MR) is 271 cm³/mol. The molecule has 10 aromatic carbocycles. The van der Waals surface area contributed by atoms with E-state index in [1.807, 2.05) is 11.3 Å². The summed E-state index contributed by atoms with van der Waals surface area (Å²) in [5, 5.41) is 5.13. The highest BCUT2D eigenvalue weighted by Crippen LogP contribution is 2.59. The first kappa shape index (κ1) is 36.7. The van der Waals surface area contributed by atoms with Gasteiger partial charge in [0.1, 0.15) is 0 Å². The van der Waals surface area contributed by atoms with Crippen LogP contribution in [0.15, 0.2) is 243 Å². The summed E-state index contributed by atoms with van der Waals surface area (Å²) in [6.07, 6.45) is 0. The summed E-state index contributed by atoms with van der Waals surface area (Å²) >= 11 is 1.86. The molecule has 1 aliphatic carbocycles. The van der Waals surface area contributed by atoms with Crippen molar-refractivity contribution in [2.45, 2.75) is 5.41 Å². The van der Waals surface area contributed by atoms with Crippen LogP contribution >= 0.6 is 11.3 Å². The van der Waals surface area contributed by atoms with Crippen LogP contribution in [0.4, 0.5) is 17.1 Å². The van der Waals surface area contributed by atoms with Crippen LogP contribution in [0, 0.1) is 0 Å². The highest BCUT2D eigenvalue weighted by molar-refractivity contribution is 7.25. The van der Waals surface area contributed by atoms with E-state index >= 15 is 0 Å². The topological polar surface area (TPSA) is 8.17 Å². The molecule has 1 aliphatic rings. The number of rotatable bonds is 7. The molecule has 3 heteroatoms. The van der Waals surface area contributed by atoms with Crippen LogP contribution in [0.1, 0.15) is 22.3 Å². The van der Waals surface area contributed by atoms with Gasteiger partial charge in [0.25, 0.3) is 0 Å². The Morgan fingerprint density at radius 2 is 0.953 bits per heavy atom. The lowest BCUT2D eigenvalue weighted by Gasteiger charge is -2.34. The second-order valence-corrected chi connectivity index (χ2v) is 17.9. The van der Waals surface area contributed by atoms with Crippen LogP contribution in [0.5, 0.6) is 0 Å². The molecule has 2 heterocycles.